The summed E-state index contributed by atoms with van der Waals surface area (Å²) in [5, 5.41) is 13.6. The second-order valence-electron chi connectivity index (χ2n) is 2.53. The maximum Gasteiger partial charge on any atom is 0.394 e. The quantitative estimate of drug-likeness (QED) is 0.496. The number of aromatic nitrogens is 2. The molecule has 0 bridgehead atoms. The van der Waals surface area contributed by atoms with Crippen LogP contribution in [-0.4, -0.2) is 28.8 Å². The molecule has 0 N–H and O–H groups in total. The van der Waals surface area contributed by atoms with E-state index in [1.807, 2.05) is 0 Å². The highest BCUT2D eigenvalue weighted by molar-refractivity contribution is 7.89. The Kier molecular flexibility index (Phi) is 2.08. The van der Waals surface area contributed by atoms with Gasteiger partial charge in [-0.1, -0.05) is 4.09 Å². The van der Waals surface area contributed by atoms with Crippen molar-refractivity contribution in [2.75, 3.05) is 6.26 Å². The second-order valence-corrected chi connectivity index (χ2v) is 4.37. The van der Waals surface area contributed by atoms with Crippen LogP contribution in [0.4, 0.5) is 5.82 Å². The molecule has 1 aromatic heterocycles. The molecule has 0 radical (unpaired) electrons. The van der Waals surface area contributed by atoms with Gasteiger partial charge < -0.3 is 10.1 Å². The van der Waals surface area contributed by atoms with Gasteiger partial charge in [-0.2, -0.15) is 0 Å². The average Bonchev–Trinajstić information content (AvgIpc) is 2.29. The number of aryl methyl sites for hydroxylation is 1. The number of hydrogen-bond donors (Lipinski definition) is 0. The van der Waals surface area contributed by atoms with Crippen LogP contribution in [0.3, 0.4) is 0 Å². The lowest BCUT2D eigenvalue weighted by molar-refractivity contribution is -0.390. The molecule has 1 rings (SSSR count). The van der Waals surface area contributed by atoms with Crippen molar-refractivity contribution < 1.29 is 13.3 Å². The first kappa shape index (κ1) is 9.65. The highest BCUT2D eigenvalue weighted by Gasteiger charge is 2.21. The number of nitro groups is 1. The summed E-state index contributed by atoms with van der Waals surface area (Å²) in [5.74, 6) is -0.439. The minimum Gasteiger partial charge on any atom is -0.358 e. The standard InChI is InChI=1S/C5H7N3O4S/c1-4-3-7(13(2,11)12)6-5(4)8(9)10/h3H,1-2H3. The van der Waals surface area contributed by atoms with Crippen molar-refractivity contribution in [2.45, 2.75) is 6.92 Å². The lowest BCUT2D eigenvalue weighted by Gasteiger charge is -1.87. The predicted molar refractivity (Wildman–Crippen MR) is 43.9 cm³/mol. The Bertz CT molecular complexity index is 446. The molecule has 0 aromatic carbocycles. The number of rotatable bonds is 2. The lowest BCUT2D eigenvalue weighted by atomic mass is 10.4. The fraction of sp³-hybridized carbons (Fsp3) is 0.400. The molecule has 0 atom stereocenters. The molecule has 0 aliphatic rings. The third-order valence-electron chi connectivity index (χ3n) is 1.36. The predicted octanol–water partition coefficient (Wildman–Crippen LogP) is -0.0926. The van der Waals surface area contributed by atoms with E-state index in [0.29, 0.717) is 4.09 Å². The molecule has 72 valence electrons. The van der Waals surface area contributed by atoms with Crippen molar-refractivity contribution in [3.63, 3.8) is 0 Å². The molecule has 1 aromatic rings. The lowest BCUT2D eigenvalue weighted by Crippen LogP contribution is -2.10. The Labute approximate surface area is 74.2 Å². The van der Waals surface area contributed by atoms with E-state index in [2.05, 4.69) is 5.10 Å². The van der Waals surface area contributed by atoms with Gasteiger partial charge in [0.1, 0.15) is 0 Å². The molecule has 1 heterocycles. The third-order valence-corrected chi connectivity index (χ3v) is 2.23. The van der Waals surface area contributed by atoms with Crippen LogP contribution >= 0.6 is 0 Å². The van der Waals surface area contributed by atoms with E-state index in [0.717, 1.165) is 12.5 Å². The van der Waals surface area contributed by atoms with Crippen molar-refractivity contribution in [3.05, 3.63) is 21.9 Å². The molecule has 0 unspecified atom stereocenters. The summed E-state index contributed by atoms with van der Waals surface area (Å²) in [6.07, 6.45) is 2.02. The first-order valence-electron chi connectivity index (χ1n) is 3.23. The normalized spacial score (nSPS) is 11.5. The zero-order chi connectivity index (χ0) is 10.2. The Balaban J connectivity index is 3.33. The largest absolute Gasteiger partial charge is 0.394 e. The van der Waals surface area contributed by atoms with Gasteiger partial charge in [0, 0.05) is 0 Å². The molecule has 0 saturated carbocycles. The van der Waals surface area contributed by atoms with Gasteiger partial charge in [0.15, 0.2) is 0 Å². The molecular weight excluding hydrogens is 198 g/mol. The Morgan fingerprint density at radius 2 is 2.15 bits per heavy atom. The first-order valence-corrected chi connectivity index (χ1v) is 5.08. The number of hydrogen-bond acceptors (Lipinski definition) is 5. The zero-order valence-corrected chi connectivity index (χ0v) is 7.78. The van der Waals surface area contributed by atoms with Crippen molar-refractivity contribution >= 4 is 15.8 Å². The summed E-state index contributed by atoms with van der Waals surface area (Å²) in [6.45, 7) is 1.42. The van der Waals surface area contributed by atoms with Gasteiger partial charge in [-0.25, -0.2) is 8.42 Å². The van der Waals surface area contributed by atoms with Crippen LogP contribution in [0.1, 0.15) is 5.56 Å². The van der Waals surface area contributed by atoms with E-state index >= 15 is 0 Å². The fourth-order valence-electron chi connectivity index (χ4n) is 0.775. The second kappa shape index (κ2) is 2.80. The summed E-state index contributed by atoms with van der Waals surface area (Å²) in [7, 11) is -3.54. The molecule has 0 aliphatic heterocycles. The molecule has 0 fully saturated rings. The topological polar surface area (TPSA) is 95.1 Å². The summed E-state index contributed by atoms with van der Waals surface area (Å²) >= 11 is 0. The van der Waals surface area contributed by atoms with Crippen LogP contribution < -0.4 is 0 Å². The van der Waals surface area contributed by atoms with Crippen molar-refractivity contribution in [1.82, 2.24) is 9.19 Å². The van der Waals surface area contributed by atoms with Crippen LogP contribution in [0.5, 0.6) is 0 Å². The SMILES string of the molecule is Cc1cn(S(C)(=O)=O)nc1[N+](=O)[O-]. The fourth-order valence-corrected chi connectivity index (χ4v) is 1.35. The van der Waals surface area contributed by atoms with Crippen LogP contribution in [0.2, 0.25) is 0 Å². The van der Waals surface area contributed by atoms with Crippen molar-refractivity contribution in [1.29, 1.82) is 0 Å². The third kappa shape index (κ3) is 1.83. The van der Waals surface area contributed by atoms with E-state index in [1.54, 1.807) is 0 Å². The Morgan fingerprint density at radius 1 is 1.62 bits per heavy atom. The summed E-state index contributed by atoms with van der Waals surface area (Å²) < 4.78 is 22.4. The maximum absolute atomic E-state index is 10.9. The van der Waals surface area contributed by atoms with Gasteiger partial charge in [-0.05, 0) is 11.8 Å². The zero-order valence-electron chi connectivity index (χ0n) is 6.96. The highest BCUT2D eigenvalue weighted by atomic mass is 32.2. The summed E-state index contributed by atoms with van der Waals surface area (Å²) in [6, 6.07) is 0. The van der Waals surface area contributed by atoms with E-state index in [1.165, 1.54) is 6.92 Å². The molecule has 8 heteroatoms. The van der Waals surface area contributed by atoms with Gasteiger partial charge in [0.05, 0.1) is 23.1 Å². The summed E-state index contributed by atoms with van der Waals surface area (Å²) in [5.41, 5.74) is 0.218. The Morgan fingerprint density at radius 3 is 2.38 bits per heavy atom. The minimum atomic E-state index is -3.54. The van der Waals surface area contributed by atoms with Crippen molar-refractivity contribution in [3.8, 4) is 0 Å². The first-order chi connectivity index (χ1) is 5.82. The minimum absolute atomic E-state index is 0.218. The number of nitrogens with zero attached hydrogens (tertiary/aromatic N) is 3. The molecule has 0 aliphatic carbocycles. The molecule has 0 amide bonds. The summed E-state index contributed by atoms with van der Waals surface area (Å²) in [4.78, 5) is 9.57. The van der Waals surface area contributed by atoms with Gasteiger partial charge in [-0.15, -0.1) is 0 Å². The molecule has 0 saturated heterocycles. The average molecular weight is 205 g/mol. The molecular formula is C5H7N3O4S. The molecule has 13 heavy (non-hydrogen) atoms. The van der Waals surface area contributed by atoms with E-state index in [4.69, 9.17) is 0 Å². The smallest absolute Gasteiger partial charge is 0.358 e. The van der Waals surface area contributed by atoms with Crippen molar-refractivity contribution in [2.24, 2.45) is 0 Å². The monoisotopic (exact) mass is 205 g/mol. The van der Waals surface area contributed by atoms with Gasteiger partial charge in [-0.3, -0.25) is 0 Å². The molecule has 7 nitrogen and oxygen atoms in total. The van der Waals surface area contributed by atoms with Gasteiger partial charge in [0.2, 0.25) is 0 Å². The maximum atomic E-state index is 10.9. The van der Waals surface area contributed by atoms with Gasteiger partial charge in [0.25, 0.3) is 10.0 Å². The van der Waals surface area contributed by atoms with E-state index in [-0.39, 0.29) is 5.56 Å². The van der Waals surface area contributed by atoms with Crippen LogP contribution in [-0.2, 0) is 10.0 Å². The Hall–Kier alpha value is -1.44. The van der Waals surface area contributed by atoms with E-state index < -0.39 is 20.8 Å². The highest BCUT2D eigenvalue weighted by Crippen LogP contribution is 2.14. The molecule has 0 spiro atoms. The van der Waals surface area contributed by atoms with E-state index in [9.17, 15) is 18.5 Å². The van der Waals surface area contributed by atoms with Crippen LogP contribution in [0.25, 0.3) is 0 Å². The van der Waals surface area contributed by atoms with Crippen LogP contribution in [0.15, 0.2) is 6.20 Å². The van der Waals surface area contributed by atoms with Crippen LogP contribution in [0, 0.1) is 17.0 Å². The van der Waals surface area contributed by atoms with Gasteiger partial charge >= 0.3 is 5.82 Å².